The van der Waals surface area contributed by atoms with Gasteiger partial charge in [0.2, 0.25) is 10.0 Å². The Hall–Kier alpha value is -1.99. The fourth-order valence-corrected chi connectivity index (χ4v) is 7.11. The number of hydrogen-bond donors (Lipinski definition) is 1. The van der Waals surface area contributed by atoms with Gasteiger partial charge in [0.05, 0.1) is 0 Å². The van der Waals surface area contributed by atoms with Crippen molar-refractivity contribution in [2.75, 3.05) is 0 Å². The molecule has 136 valence electrons. The normalized spacial score (nSPS) is 19.4. The van der Waals surface area contributed by atoms with Gasteiger partial charge in [-0.25, -0.2) is 13.1 Å². The van der Waals surface area contributed by atoms with Gasteiger partial charge in [0.1, 0.15) is 4.21 Å². The van der Waals surface area contributed by atoms with E-state index >= 15 is 0 Å². The average molecular weight is 412 g/mol. The molecule has 2 atom stereocenters. The third-order valence-corrected chi connectivity index (χ3v) is 9.22. The first-order valence-electron chi connectivity index (χ1n) is 8.76. The molecule has 0 radical (unpaired) electrons. The lowest BCUT2D eigenvalue weighted by Crippen LogP contribution is -2.26. The van der Waals surface area contributed by atoms with E-state index in [9.17, 15) is 8.42 Å². The maximum absolute atomic E-state index is 12.8. The number of sulfonamides is 1. The first-order chi connectivity index (χ1) is 13.1. The van der Waals surface area contributed by atoms with Crippen LogP contribution >= 0.6 is 22.7 Å². The quantitative estimate of drug-likeness (QED) is 0.474. The number of fused-ring (bicyclic) bond motifs is 1. The van der Waals surface area contributed by atoms with E-state index in [1.807, 2.05) is 36.4 Å². The van der Waals surface area contributed by atoms with Crippen LogP contribution in [0.2, 0.25) is 0 Å². The van der Waals surface area contributed by atoms with E-state index in [1.54, 1.807) is 17.4 Å². The summed E-state index contributed by atoms with van der Waals surface area (Å²) in [6, 6.07) is 24.0. The van der Waals surface area contributed by atoms with Crippen molar-refractivity contribution >= 4 is 42.8 Å². The second-order valence-corrected chi connectivity index (χ2v) is 10.9. The van der Waals surface area contributed by atoms with Crippen molar-refractivity contribution in [3.63, 3.8) is 0 Å². The van der Waals surface area contributed by atoms with Crippen molar-refractivity contribution in [3.05, 3.63) is 78.4 Å². The molecule has 4 aromatic rings. The number of nitrogens with one attached hydrogen (secondary N) is 1. The Kier molecular flexibility index (Phi) is 4.16. The summed E-state index contributed by atoms with van der Waals surface area (Å²) in [5.41, 5.74) is 1.20. The van der Waals surface area contributed by atoms with Crippen LogP contribution in [0.25, 0.3) is 19.8 Å². The molecule has 1 saturated carbocycles. The maximum atomic E-state index is 12.8. The van der Waals surface area contributed by atoms with E-state index in [1.165, 1.54) is 27.0 Å². The molecule has 1 aliphatic carbocycles. The zero-order valence-electron chi connectivity index (χ0n) is 14.3. The third-order valence-electron chi connectivity index (χ3n) is 4.84. The van der Waals surface area contributed by atoms with Crippen molar-refractivity contribution in [1.29, 1.82) is 0 Å². The minimum absolute atomic E-state index is 0.00715. The Morgan fingerprint density at radius 1 is 0.852 bits per heavy atom. The Labute approximate surface area is 166 Å². The fourth-order valence-electron chi connectivity index (χ4n) is 3.35. The highest BCUT2D eigenvalue weighted by Crippen LogP contribution is 2.42. The predicted octanol–water partition coefficient (Wildman–Crippen LogP) is 5.46. The highest BCUT2D eigenvalue weighted by molar-refractivity contribution is 7.91. The Bertz CT molecular complexity index is 1180. The molecule has 0 aliphatic heterocycles. The van der Waals surface area contributed by atoms with Crippen LogP contribution in [0.5, 0.6) is 0 Å². The minimum atomic E-state index is -3.48. The summed E-state index contributed by atoms with van der Waals surface area (Å²) in [4.78, 5) is 2.10. The van der Waals surface area contributed by atoms with Gasteiger partial charge in [0.25, 0.3) is 0 Å². The number of rotatable bonds is 5. The smallest absolute Gasteiger partial charge is 0.207 e. The molecule has 0 saturated heterocycles. The van der Waals surface area contributed by atoms with Crippen LogP contribution in [0.4, 0.5) is 0 Å². The molecule has 0 unspecified atom stereocenters. The molecule has 2 aromatic carbocycles. The maximum Gasteiger partial charge on any atom is 0.250 e. The molecule has 0 bridgehead atoms. The van der Waals surface area contributed by atoms with E-state index < -0.39 is 10.0 Å². The van der Waals surface area contributed by atoms with Gasteiger partial charge in [-0.15, -0.1) is 22.7 Å². The van der Waals surface area contributed by atoms with E-state index in [-0.39, 0.29) is 12.0 Å². The first kappa shape index (κ1) is 17.1. The first-order valence-corrected chi connectivity index (χ1v) is 11.9. The number of hydrogen-bond acceptors (Lipinski definition) is 4. The SMILES string of the molecule is O=S(=O)(N[C@H]1C[C@@H]1c1ccccc1)c1ccc(-c2cc3ccccc3s2)s1. The van der Waals surface area contributed by atoms with Gasteiger partial charge >= 0.3 is 0 Å². The predicted molar refractivity (Wildman–Crippen MR) is 113 cm³/mol. The standard InChI is InChI=1S/C21H17NO2S3/c23-27(24,22-17-13-16(17)14-6-2-1-3-7-14)21-11-10-19(26-21)20-12-15-8-4-5-9-18(15)25-20/h1-12,16-17,22H,13H2/t16-,17+/m1/s1. The van der Waals surface area contributed by atoms with Crippen molar-refractivity contribution in [2.45, 2.75) is 22.6 Å². The van der Waals surface area contributed by atoms with Crippen LogP contribution in [-0.2, 0) is 10.0 Å². The van der Waals surface area contributed by atoms with Crippen molar-refractivity contribution < 1.29 is 8.42 Å². The number of benzene rings is 2. The summed E-state index contributed by atoms with van der Waals surface area (Å²) < 4.78 is 30.0. The second-order valence-electron chi connectivity index (χ2n) is 6.75. The summed E-state index contributed by atoms with van der Waals surface area (Å²) in [6.07, 6.45) is 0.859. The summed E-state index contributed by atoms with van der Waals surface area (Å²) in [6.45, 7) is 0. The lowest BCUT2D eigenvalue weighted by atomic mass is 10.1. The van der Waals surface area contributed by atoms with Crippen LogP contribution < -0.4 is 4.72 Å². The van der Waals surface area contributed by atoms with E-state index in [0.29, 0.717) is 4.21 Å². The van der Waals surface area contributed by atoms with Gasteiger partial charge in [-0.3, -0.25) is 0 Å². The lowest BCUT2D eigenvalue weighted by molar-refractivity contribution is 0.582. The molecule has 0 amide bonds. The van der Waals surface area contributed by atoms with Crippen molar-refractivity contribution in [2.24, 2.45) is 0 Å². The van der Waals surface area contributed by atoms with Crippen LogP contribution in [-0.4, -0.2) is 14.5 Å². The largest absolute Gasteiger partial charge is 0.250 e. The monoisotopic (exact) mass is 411 g/mol. The van der Waals surface area contributed by atoms with E-state index in [2.05, 4.69) is 35.1 Å². The number of thiophene rings is 2. The minimum Gasteiger partial charge on any atom is -0.207 e. The Balaban J connectivity index is 1.36. The van der Waals surface area contributed by atoms with Gasteiger partial charge in [0, 0.05) is 26.4 Å². The van der Waals surface area contributed by atoms with Gasteiger partial charge in [0.15, 0.2) is 0 Å². The highest BCUT2D eigenvalue weighted by Gasteiger charge is 2.41. The van der Waals surface area contributed by atoms with Crippen LogP contribution in [0.3, 0.4) is 0 Å². The molecule has 1 aliphatic rings. The Morgan fingerprint density at radius 3 is 2.44 bits per heavy atom. The van der Waals surface area contributed by atoms with E-state index in [0.717, 1.165) is 16.2 Å². The zero-order chi connectivity index (χ0) is 18.4. The van der Waals surface area contributed by atoms with Crippen LogP contribution in [0.15, 0.2) is 77.0 Å². The summed E-state index contributed by atoms with van der Waals surface area (Å²) >= 11 is 3.03. The van der Waals surface area contributed by atoms with E-state index in [4.69, 9.17) is 0 Å². The van der Waals surface area contributed by atoms with Gasteiger partial charge in [-0.1, -0.05) is 48.5 Å². The topological polar surface area (TPSA) is 46.2 Å². The third kappa shape index (κ3) is 3.34. The molecule has 6 heteroatoms. The average Bonchev–Trinajstić information content (AvgIpc) is 3.10. The van der Waals surface area contributed by atoms with Gasteiger partial charge in [-0.05, 0) is 41.6 Å². The summed E-state index contributed by atoms with van der Waals surface area (Å²) in [7, 11) is -3.48. The van der Waals surface area contributed by atoms with Crippen molar-refractivity contribution in [3.8, 4) is 9.75 Å². The molecule has 2 heterocycles. The van der Waals surface area contributed by atoms with Gasteiger partial charge in [-0.2, -0.15) is 0 Å². The lowest BCUT2D eigenvalue weighted by Gasteiger charge is -2.04. The molecule has 0 spiro atoms. The molecule has 1 N–H and O–H groups in total. The molecule has 2 aromatic heterocycles. The molecular weight excluding hydrogens is 394 g/mol. The second kappa shape index (κ2) is 6.56. The molecule has 1 fully saturated rings. The van der Waals surface area contributed by atoms with Gasteiger partial charge < -0.3 is 0 Å². The fraction of sp³-hybridized carbons (Fsp3) is 0.143. The Morgan fingerprint density at radius 2 is 1.63 bits per heavy atom. The summed E-state index contributed by atoms with van der Waals surface area (Å²) in [5, 5.41) is 1.19. The molecule has 5 rings (SSSR count). The molecule has 27 heavy (non-hydrogen) atoms. The van der Waals surface area contributed by atoms with Crippen molar-refractivity contribution in [1.82, 2.24) is 4.72 Å². The van der Waals surface area contributed by atoms with Crippen LogP contribution in [0.1, 0.15) is 17.9 Å². The molecule has 3 nitrogen and oxygen atoms in total. The summed E-state index contributed by atoms with van der Waals surface area (Å²) in [5.74, 6) is 0.281. The highest BCUT2D eigenvalue weighted by atomic mass is 32.2. The van der Waals surface area contributed by atoms with Crippen LogP contribution in [0, 0.1) is 0 Å². The zero-order valence-corrected chi connectivity index (χ0v) is 16.8. The molecular formula is C21H17NO2S3.